The molecule has 0 heterocycles. The fourth-order valence-electron chi connectivity index (χ4n) is 2.41. The lowest BCUT2D eigenvalue weighted by Crippen LogP contribution is -2.47. The fourth-order valence-corrected chi connectivity index (χ4v) is 3.23. The van der Waals surface area contributed by atoms with Crippen molar-refractivity contribution >= 4 is 22.3 Å². The Morgan fingerprint density at radius 3 is 2.24 bits per heavy atom. The summed E-state index contributed by atoms with van der Waals surface area (Å²) in [5.41, 5.74) is -1.11. The number of rotatable bonds is 6. The van der Waals surface area contributed by atoms with E-state index >= 15 is 0 Å². The van der Waals surface area contributed by atoms with Crippen LogP contribution < -0.4 is 9.44 Å². The highest BCUT2D eigenvalue weighted by molar-refractivity contribution is 7.88. The number of carboxylic acid groups (broad SMARTS) is 1. The van der Waals surface area contributed by atoms with Crippen LogP contribution in [-0.2, 0) is 19.7 Å². The van der Waals surface area contributed by atoms with Crippen molar-refractivity contribution in [1.82, 2.24) is 9.44 Å². The van der Waals surface area contributed by atoms with Crippen molar-refractivity contribution in [2.45, 2.75) is 45.4 Å². The van der Waals surface area contributed by atoms with E-state index in [1.54, 1.807) is 11.6 Å². The lowest BCUT2D eigenvalue weighted by molar-refractivity contribution is -0.149. The van der Waals surface area contributed by atoms with Crippen LogP contribution in [-0.4, -0.2) is 38.7 Å². The molecule has 1 amide bonds. The van der Waals surface area contributed by atoms with Crippen LogP contribution in [0.4, 0.5) is 4.79 Å². The van der Waals surface area contributed by atoms with E-state index in [9.17, 15) is 23.1 Å². The molecule has 0 spiro atoms. The van der Waals surface area contributed by atoms with Crippen LogP contribution in [0.5, 0.6) is 0 Å². The Labute approximate surface area is 124 Å². The Kier molecular flexibility index (Phi) is 6.41. The molecule has 1 aliphatic carbocycles. The van der Waals surface area contributed by atoms with Gasteiger partial charge in [0.05, 0.1) is 12.0 Å². The van der Waals surface area contributed by atoms with Crippen LogP contribution in [0.2, 0.25) is 0 Å². The van der Waals surface area contributed by atoms with Crippen molar-refractivity contribution in [3.8, 4) is 0 Å². The SMILES string of the molecule is CCOC(=O)NS(=O)(=O)NCC1(C(=O)O)CCCCCC1. The van der Waals surface area contributed by atoms with Crippen molar-refractivity contribution in [2.75, 3.05) is 13.2 Å². The Morgan fingerprint density at radius 1 is 1.19 bits per heavy atom. The number of ether oxygens (including phenoxy) is 1. The molecule has 0 bridgehead atoms. The van der Waals surface area contributed by atoms with E-state index in [-0.39, 0.29) is 13.2 Å². The largest absolute Gasteiger partial charge is 0.481 e. The number of nitrogens with one attached hydrogen (secondary N) is 2. The van der Waals surface area contributed by atoms with E-state index in [0.29, 0.717) is 12.8 Å². The highest BCUT2D eigenvalue weighted by Crippen LogP contribution is 2.34. The summed E-state index contributed by atoms with van der Waals surface area (Å²) in [6, 6.07) is 0. The zero-order valence-corrected chi connectivity index (χ0v) is 12.9. The molecule has 9 heteroatoms. The van der Waals surface area contributed by atoms with Gasteiger partial charge in [-0.25, -0.2) is 9.52 Å². The third-order valence-corrected chi connectivity index (χ3v) is 4.57. The molecule has 1 fully saturated rings. The second-order valence-electron chi connectivity index (χ2n) is 5.15. The van der Waals surface area contributed by atoms with Gasteiger partial charge in [-0.05, 0) is 19.8 Å². The topological polar surface area (TPSA) is 122 Å². The molecule has 0 aromatic heterocycles. The fraction of sp³-hybridized carbons (Fsp3) is 0.833. The number of carbonyl (C=O) groups is 2. The first-order chi connectivity index (χ1) is 9.81. The molecule has 0 saturated heterocycles. The van der Waals surface area contributed by atoms with Gasteiger partial charge in [-0.2, -0.15) is 13.1 Å². The number of hydrogen-bond acceptors (Lipinski definition) is 5. The maximum absolute atomic E-state index is 11.7. The van der Waals surface area contributed by atoms with Crippen molar-refractivity contribution in [2.24, 2.45) is 5.41 Å². The average Bonchev–Trinajstić information content (AvgIpc) is 2.62. The minimum atomic E-state index is -4.12. The van der Waals surface area contributed by atoms with Crippen LogP contribution in [0.3, 0.4) is 0 Å². The summed E-state index contributed by atoms with van der Waals surface area (Å²) < 4.78 is 31.7. The monoisotopic (exact) mass is 322 g/mol. The molecule has 122 valence electrons. The number of carboxylic acids is 1. The van der Waals surface area contributed by atoms with Gasteiger partial charge in [-0.15, -0.1) is 0 Å². The molecule has 0 atom stereocenters. The Morgan fingerprint density at radius 2 is 1.76 bits per heavy atom. The zero-order chi connectivity index (χ0) is 15.9. The predicted molar refractivity (Wildman–Crippen MR) is 74.9 cm³/mol. The highest BCUT2D eigenvalue weighted by atomic mass is 32.2. The van der Waals surface area contributed by atoms with Crippen molar-refractivity contribution in [1.29, 1.82) is 0 Å². The van der Waals surface area contributed by atoms with Crippen LogP contribution in [0, 0.1) is 5.41 Å². The van der Waals surface area contributed by atoms with Gasteiger partial charge in [0, 0.05) is 6.54 Å². The summed E-state index contributed by atoms with van der Waals surface area (Å²) in [6.07, 6.45) is 3.15. The first kappa shape index (κ1) is 17.7. The van der Waals surface area contributed by atoms with Gasteiger partial charge in [-0.3, -0.25) is 4.79 Å². The minimum absolute atomic E-state index is 0.0421. The van der Waals surface area contributed by atoms with E-state index in [4.69, 9.17) is 0 Å². The Bertz CT molecular complexity index is 468. The predicted octanol–water partition coefficient (Wildman–Crippen LogP) is 0.992. The molecule has 1 rings (SSSR count). The molecule has 0 aliphatic heterocycles. The third kappa shape index (κ3) is 5.50. The summed E-state index contributed by atoms with van der Waals surface area (Å²) in [4.78, 5) is 22.6. The molecular formula is C12H22N2O6S. The summed E-state index contributed by atoms with van der Waals surface area (Å²) in [6.45, 7) is 1.35. The van der Waals surface area contributed by atoms with E-state index in [1.165, 1.54) is 0 Å². The molecular weight excluding hydrogens is 300 g/mol. The van der Waals surface area contributed by atoms with Gasteiger partial charge < -0.3 is 9.84 Å². The third-order valence-electron chi connectivity index (χ3n) is 3.61. The highest BCUT2D eigenvalue weighted by Gasteiger charge is 2.39. The first-order valence-electron chi connectivity index (χ1n) is 6.99. The van der Waals surface area contributed by atoms with Crippen LogP contribution in [0.15, 0.2) is 0 Å². The lowest BCUT2D eigenvalue weighted by Gasteiger charge is -2.28. The molecule has 0 aromatic rings. The van der Waals surface area contributed by atoms with Crippen LogP contribution in [0.1, 0.15) is 45.4 Å². The van der Waals surface area contributed by atoms with Crippen molar-refractivity contribution < 1.29 is 27.9 Å². The summed E-state index contributed by atoms with van der Waals surface area (Å²) in [5, 5.41) is 9.43. The van der Waals surface area contributed by atoms with E-state index in [1.807, 2.05) is 0 Å². The van der Waals surface area contributed by atoms with Crippen molar-refractivity contribution in [3.05, 3.63) is 0 Å². The van der Waals surface area contributed by atoms with E-state index < -0.39 is 27.7 Å². The minimum Gasteiger partial charge on any atom is -0.481 e. The normalized spacial score (nSPS) is 18.5. The molecule has 21 heavy (non-hydrogen) atoms. The number of amides is 1. The summed E-state index contributed by atoms with van der Waals surface area (Å²) >= 11 is 0. The first-order valence-corrected chi connectivity index (χ1v) is 8.47. The summed E-state index contributed by atoms with van der Waals surface area (Å²) in [5.74, 6) is -1.01. The van der Waals surface area contributed by atoms with Gasteiger partial charge in [0.25, 0.3) is 0 Å². The second-order valence-corrected chi connectivity index (χ2v) is 6.65. The second kappa shape index (κ2) is 7.60. The molecule has 8 nitrogen and oxygen atoms in total. The molecule has 0 aromatic carbocycles. The number of hydrogen-bond donors (Lipinski definition) is 3. The molecule has 1 saturated carbocycles. The number of aliphatic carboxylic acids is 1. The van der Waals surface area contributed by atoms with Gasteiger partial charge in [-0.1, -0.05) is 25.7 Å². The number of carbonyl (C=O) groups excluding carboxylic acids is 1. The quantitative estimate of drug-likeness (QED) is 0.627. The van der Waals surface area contributed by atoms with E-state index in [2.05, 4.69) is 9.46 Å². The Hall–Kier alpha value is -1.35. The molecule has 3 N–H and O–H groups in total. The van der Waals surface area contributed by atoms with Gasteiger partial charge in [0.2, 0.25) is 0 Å². The zero-order valence-electron chi connectivity index (χ0n) is 12.1. The van der Waals surface area contributed by atoms with Gasteiger partial charge in [0.15, 0.2) is 0 Å². The standard InChI is InChI=1S/C12H22N2O6S/c1-2-20-11(17)14-21(18,19)13-9-12(10(15)16)7-5-3-4-6-8-12/h13H,2-9H2,1H3,(H,14,17)(H,15,16). The molecule has 1 aliphatic rings. The smallest absolute Gasteiger partial charge is 0.421 e. The van der Waals surface area contributed by atoms with Crippen LogP contribution >= 0.6 is 0 Å². The van der Waals surface area contributed by atoms with Crippen LogP contribution in [0.25, 0.3) is 0 Å². The maximum Gasteiger partial charge on any atom is 0.421 e. The van der Waals surface area contributed by atoms with E-state index in [0.717, 1.165) is 25.7 Å². The average molecular weight is 322 g/mol. The van der Waals surface area contributed by atoms with Gasteiger partial charge in [0.1, 0.15) is 0 Å². The maximum atomic E-state index is 11.7. The molecule has 0 radical (unpaired) electrons. The molecule has 0 unspecified atom stereocenters. The Balaban J connectivity index is 2.68. The lowest BCUT2D eigenvalue weighted by atomic mass is 9.80. The van der Waals surface area contributed by atoms with Crippen molar-refractivity contribution in [3.63, 3.8) is 0 Å². The summed E-state index contributed by atoms with van der Waals surface area (Å²) in [7, 11) is -4.12. The van der Waals surface area contributed by atoms with Gasteiger partial charge >= 0.3 is 22.3 Å².